The Morgan fingerprint density at radius 2 is 1.77 bits per heavy atom. The minimum Gasteiger partial charge on any atom is -0.376 e. The van der Waals surface area contributed by atoms with Crippen LogP contribution in [-0.2, 0) is 9.47 Å². The molecule has 0 aliphatic heterocycles. The van der Waals surface area contributed by atoms with Crippen molar-refractivity contribution in [1.29, 1.82) is 0 Å². The number of alkyl halides is 1. The second-order valence-electron chi connectivity index (χ2n) is 3.93. The molecule has 2 unspecified atom stereocenters. The highest BCUT2D eigenvalue weighted by atomic mass is 79.9. The maximum Gasteiger partial charge on any atom is 0.0704 e. The van der Waals surface area contributed by atoms with E-state index in [4.69, 9.17) is 9.47 Å². The Morgan fingerprint density at radius 1 is 1.00 bits per heavy atom. The minimum absolute atomic E-state index is 0.433. The van der Waals surface area contributed by atoms with Crippen LogP contribution in [0.2, 0.25) is 0 Å². The Balaban J connectivity index is 1.51. The highest BCUT2D eigenvalue weighted by Gasteiger charge is 2.26. The van der Waals surface area contributed by atoms with Gasteiger partial charge in [0.15, 0.2) is 0 Å². The summed E-state index contributed by atoms with van der Waals surface area (Å²) in [4.78, 5) is 0.577. The van der Waals surface area contributed by atoms with Gasteiger partial charge in [-0.3, -0.25) is 0 Å². The summed E-state index contributed by atoms with van der Waals surface area (Å²) in [7, 11) is 0. The second kappa shape index (κ2) is 4.76. The average Bonchev–Trinajstić information content (AvgIpc) is 2.86. The number of ether oxygens (including phenoxy) is 2. The topological polar surface area (TPSA) is 18.5 Å². The van der Waals surface area contributed by atoms with Crippen LogP contribution in [0.4, 0.5) is 0 Å². The Labute approximate surface area is 88.1 Å². The SMILES string of the molecule is BrC1CCCC1OCCOC1CC1. The molecule has 2 aliphatic rings. The van der Waals surface area contributed by atoms with E-state index < -0.39 is 0 Å². The fourth-order valence-corrected chi connectivity index (χ4v) is 2.46. The van der Waals surface area contributed by atoms with Gasteiger partial charge in [0, 0.05) is 4.83 Å². The molecule has 0 heterocycles. The molecule has 76 valence electrons. The van der Waals surface area contributed by atoms with Gasteiger partial charge in [0.1, 0.15) is 0 Å². The Kier molecular flexibility index (Phi) is 3.64. The summed E-state index contributed by atoms with van der Waals surface area (Å²) in [5, 5.41) is 0. The first-order valence-electron chi connectivity index (χ1n) is 5.23. The summed E-state index contributed by atoms with van der Waals surface area (Å²) in [6.45, 7) is 1.55. The standard InChI is InChI=1S/C10H17BrO2/c11-9-2-1-3-10(9)13-7-6-12-8-4-5-8/h8-10H,1-7H2. The molecular weight excluding hydrogens is 232 g/mol. The van der Waals surface area contributed by atoms with Gasteiger partial charge < -0.3 is 9.47 Å². The molecule has 0 aromatic heterocycles. The van der Waals surface area contributed by atoms with Crippen molar-refractivity contribution in [3.8, 4) is 0 Å². The first-order chi connectivity index (χ1) is 6.36. The highest BCUT2D eigenvalue weighted by Crippen LogP contribution is 2.28. The van der Waals surface area contributed by atoms with Gasteiger partial charge in [-0.05, 0) is 32.1 Å². The molecule has 2 fully saturated rings. The summed E-state index contributed by atoms with van der Waals surface area (Å²) < 4.78 is 11.2. The van der Waals surface area contributed by atoms with Crippen molar-refractivity contribution in [2.24, 2.45) is 0 Å². The Morgan fingerprint density at radius 3 is 2.38 bits per heavy atom. The molecule has 0 amide bonds. The van der Waals surface area contributed by atoms with Crippen LogP contribution >= 0.6 is 15.9 Å². The van der Waals surface area contributed by atoms with E-state index in [-0.39, 0.29) is 0 Å². The normalized spacial score (nSPS) is 33.9. The lowest BCUT2D eigenvalue weighted by molar-refractivity contribution is 0.00563. The molecule has 2 nitrogen and oxygen atoms in total. The molecule has 0 aromatic rings. The molecule has 2 atom stereocenters. The van der Waals surface area contributed by atoms with Crippen LogP contribution < -0.4 is 0 Å². The largest absolute Gasteiger partial charge is 0.376 e. The quantitative estimate of drug-likeness (QED) is 0.550. The van der Waals surface area contributed by atoms with Gasteiger partial charge in [-0.15, -0.1) is 0 Å². The van der Waals surface area contributed by atoms with E-state index in [1.54, 1.807) is 0 Å². The average molecular weight is 249 g/mol. The zero-order chi connectivity index (χ0) is 9.10. The predicted octanol–water partition coefficient (Wildman–Crippen LogP) is 2.50. The molecule has 0 spiro atoms. The molecule has 0 radical (unpaired) electrons. The van der Waals surface area contributed by atoms with Crippen LogP contribution in [0.25, 0.3) is 0 Å². The van der Waals surface area contributed by atoms with E-state index in [9.17, 15) is 0 Å². The fraction of sp³-hybridized carbons (Fsp3) is 1.00. The maximum atomic E-state index is 5.72. The first-order valence-corrected chi connectivity index (χ1v) is 6.15. The minimum atomic E-state index is 0.433. The van der Waals surface area contributed by atoms with Crippen molar-refractivity contribution in [1.82, 2.24) is 0 Å². The van der Waals surface area contributed by atoms with Gasteiger partial charge in [-0.2, -0.15) is 0 Å². The second-order valence-corrected chi connectivity index (χ2v) is 5.10. The van der Waals surface area contributed by atoms with Crippen molar-refractivity contribution >= 4 is 15.9 Å². The lowest BCUT2D eigenvalue weighted by atomic mass is 10.3. The highest BCUT2D eigenvalue weighted by molar-refractivity contribution is 9.09. The molecule has 0 aromatic carbocycles. The summed E-state index contributed by atoms with van der Waals surface area (Å²) >= 11 is 3.63. The molecule has 0 saturated heterocycles. The third-order valence-electron chi connectivity index (χ3n) is 2.67. The Hall–Kier alpha value is 0.400. The number of hydrogen-bond donors (Lipinski definition) is 0. The number of halogens is 1. The first kappa shape index (κ1) is 9.94. The number of hydrogen-bond acceptors (Lipinski definition) is 2. The van der Waals surface area contributed by atoms with Crippen LogP contribution in [0.3, 0.4) is 0 Å². The monoisotopic (exact) mass is 248 g/mol. The predicted molar refractivity (Wildman–Crippen MR) is 55.3 cm³/mol. The number of rotatable bonds is 5. The van der Waals surface area contributed by atoms with Crippen molar-refractivity contribution in [3.63, 3.8) is 0 Å². The fourth-order valence-electron chi connectivity index (χ4n) is 1.72. The molecule has 2 rings (SSSR count). The molecule has 13 heavy (non-hydrogen) atoms. The zero-order valence-electron chi connectivity index (χ0n) is 7.88. The maximum absolute atomic E-state index is 5.72. The van der Waals surface area contributed by atoms with Gasteiger partial charge in [0.2, 0.25) is 0 Å². The molecule has 2 saturated carbocycles. The van der Waals surface area contributed by atoms with Crippen LogP contribution in [0, 0.1) is 0 Å². The molecule has 0 N–H and O–H groups in total. The van der Waals surface area contributed by atoms with E-state index in [0.29, 0.717) is 17.0 Å². The van der Waals surface area contributed by atoms with Crippen LogP contribution in [0.1, 0.15) is 32.1 Å². The molecule has 3 heteroatoms. The van der Waals surface area contributed by atoms with Crippen LogP contribution in [0.5, 0.6) is 0 Å². The third kappa shape index (κ3) is 3.22. The third-order valence-corrected chi connectivity index (χ3v) is 3.71. The van der Waals surface area contributed by atoms with Gasteiger partial charge in [-0.1, -0.05) is 15.9 Å². The molecule has 2 aliphatic carbocycles. The van der Waals surface area contributed by atoms with Gasteiger partial charge in [0.05, 0.1) is 25.4 Å². The lowest BCUT2D eigenvalue weighted by Gasteiger charge is -2.14. The van der Waals surface area contributed by atoms with Crippen LogP contribution in [0.15, 0.2) is 0 Å². The van der Waals surface area contributed by atoms with Crippen molar-refractivity contribution in [3.05, 3.63) is 0 Å². The van der Waals surface area contributed by atoms with E-state index in [0.717, 1.165) is 13.2 Å². The van der Waals surface area contributed by atoms with E-state index in [1.807, 2.05) is 0 Å². The molecular formula is C10H17BrO2. The van der Waals surface area contributed by atoms with Gasteiger partial charge in [0.25, 0.3) is 0 Å². The summed E-state index contributed by atoms with van der Waals surface area (Å²) in [5.41, 5.74) is 0. The van der Waals surface area contributed by atoms with Gasteiger partial charge >= 0.3 is 0 Å². The zero-order valence-corrected chi connectivity index (χ0v) is 9.46. The smallest absolute Gasteiger partial charge is 0.0704 e. The van der Waals surface area contributed by atoms with E-state index in [2.05, 4.69) is 15.9 Å². The van der Waals surface area contributed by atoms with E-state index >= 15 is 0 Å². The lowest BCUT2D eigenvalue weighted by Crippen LogP contribution is -2.20. The Bertz CT molecular complexity index is 159. The summed E-state index contributed by atoms with van der Waals surface area (Å²) in [5.74, 6) is 0. The van der Waals surface area contributed by atoms with Crippen molar-refractivity contribution in [2.45, 2.75) is 49.1 Å². The van der Waals surface area contributed by atoms with Crippen molar-refractivity contribution < 1.29 is 9.47 Å². The van der Waals surface area contributed by atoms with Crippen LogP contribution in [-0.4, -0.2) is 30.2 Å². The van der Waals surface area contributed by atoms with E-state index in [1.165, 1.54) is 32.1 Å². The summed E-state index contributed by atoms with van der Waals surface area (Å²) in [6.07, 6.45) is 7.27. The molecule has 0 bridgehead atoms. The summed E-state index contributed by atoms with van der Waals surface area (Å²) in [6, 6.07) is 0. The van der Waals surface area contributed by atoms with Crippen molar-refractivity contribution in [2.75, 3.05) is 13.2 Å². The van der Waals surface area contributed by atoms with Gasteiger partial charge in [-0.25, -0.2) is 0 Å².